The molecule has 4 nitrogen and oxygen atoms in total. The first-order valence-electron chi connectivity index (χ1n) is 6.41. The van der Waals surface area contributed by atoms with Gasteiger partial charge < -0.3 is 5.32 Å². The number of nitrogens with one attached hydrogen (secondary N) is 1. The van der Waals surface area contributed by atoms with Crippen molar-refractivity contribution >= 4 is 10.0 Å². The van der Waals surface area contributed by atoms with E-state index >= 15 is 0 Å². The van der Waals surface area contributed by atoms with E-state index in [2.05, 4.69) is 5.32 Å². The Morgan fingerprint density at radius 2 is 1.89 bits per heavy atom. The normalized spacial score (nSPS) is 17.4. The van der Waals surface area contributed by atoms with Gasteiger partial charge in [-0.1, -0.05) is 13.8 Å². The SMILES string of the molecule is CC(C)NCCCS(=O)(=O)N(CC(F)(F)F)C1CC1. The number of rotatable bonds is 8. The third kappa shape index (κ3) is 6.58. The van der Waals surface area contributed by atoms with Crippen LogP contribution < -0.4 is 5.32 Å². The van der Waals surface area contributed by atoms with E-state index in [1.165, 1.54) is 0 Å². The molecule has 1 saturated carbocycles. The van der Waals surface area contributed by atoms with Gasteiger partial charge in [0, 0.05) is 12.1 Å². The Balaban J connectivity index is 2.52. The molecule has 1 aliphatic rings. The zero-order chi connectivity index (χ0) is 14.7. The Morgan fingerprint density at radius 3 is 2.32 bits per heavy atom. The molecule has 1 fully saturated rings. The average molecular weight is 302 g/mol. The van der Waals surface area contributed by atoms with Gasteiger partial charge in [0.15, 0.2) is 0 Å². The molecule has 0 amide bonds. The van der Waals surface area contributed by atoms with E-state index < -0.39 is 28.8 Å². The molecule has 114 valence electrons. The molecule has 0 aromatic heterocycles. The topological polar surface area (TPSA) is 49.4 Å². The first-order chi connectivity index (χ1) is 8.62. The van der Waals surface area contributed by atoms with E-state index in [0.717, 1.165) is 0 Å². The molecular weight excluding hydrogens is 281 g/mol. The summed E-state index contributed by atoms with van der Waals surface area (Å²) in [6, 6.07) is -0.220. The van der Waals surface area contributed by atoms with Crippen LogP contribution in [0.25, 0.3) is 0 Å². The van der Waals surface area contributed by atoms with E-state index in [0.29, 0.717) is 30.1 Å². The summed E-state index contributed by atoms with van der Waals surface area (Å²) in [5.74, 6) is -0.237. The number of sulfonamides is 1. The number of nitrogens with zero attached hydrogens (tertiary/aromatic N) is 1. The van der Waals surface area contributed by atoms with Crippen molar-refractivity contribution in [2.75, 3.05) is 18.8 Å². The Hall–Kier alpha value is -0.340. The van der Waals surface area contributed by atoms with Crippen LogP contribution in [0, 0.1) is 0 Å². The molecule has 0 aromatic carbocycles. The summed E-state index contributed by atoms with van der Waals surface area (Å²) in [5, 5.41) is 3.04. The van der Waals surface area contributed by atoms with Gasteiger partial charge >= 0.3 is 6.18 Å². The van der Waals surface area contributed by atoms with E-state index in [1.807, 2.05) is 13.8 Å². The van der Waals surface area contributed by atoms with Crippen molar-refractivity contribution in [3.05, 3.63) is 0 Å². The van der Waals surface area contributed by atoms with Gasteiger partial charge in [0.1, 0.15) is 6.54 Å². The van der Waals surface area contributed by atoms with Gasteiger partial charge in [-0.3, -0.25) is 0 Å². The van der Waals surface area contributed by atoms with Gasteiger partial charge in [-0.05, 0) is 25.8 Å². The quantitative estimate of drug-likeness (QED) is 0.695. The molecule has 19 heavy (non-hydrogen) atoms. The van der Waals surface area contributed by atoms with Gasteiger partial charge in [-0.25, -0.2) is 8.42 Å². The van der Waals surface area contributed by atoms with Crippen molar-refractivity contribution < 1.29 is 21.6 Å². The van der Waals surface area contributed by atoms with E-state index in [9.17, 15) is 21.6 Å². The van der Waals surface area contributed by atoms with Crippen LogP contribution in [0.1, 0.15) is 33.1 Å². The predicted octanol–water partition coefficient (Wildman–Crippen LogP) is 1.73. The fraction of sp³-hybridized carbons (Fsp3) is 1.00. The molecule has 1 rings (SSSR count). The van der Waals surface area contributed by atoms with Crippen LogP contribution in [0.5, 0.6) is 0 Å². The van der Waals surface area contributed by atoms with E-state index in [-0.39, 0.29) is 11.8 Å². The molecule has 1 N–H and O–H groups in total. The van der Waals surface area contributed by atoms with Gasteiger partial charge in [0.05, 0.1) is 5.75 Å². The highest BCUT2D eigenvalue weighted by Gasteiger charge is 2.43. The van der Waals surface area contributed by atoms with Crippen LogP contribution in [-0.4, -0.2) is 49.8 Å². The highest BCUT2D eigenvalue weighted by atomic mass is 32.2. The lowest BCUT2D eigenvalue weighted by Crippen LogP contribution is -2.42. The lowest BCUT2D eigenvalue weighted by atomic mass is 10.4. The molecule has 0 aromatic rings. The van der Waals surface area contributed by atoms with E-state index in [1.54, 1.807) is 0 Å². The Bertz CT molecular complexity index is 378. The summed E-state index contributed by atoms with van der Waals surface area (Å²) in [7, 11) is -3.82. The van der Waals surface area contributed by atoms with Crippen molar-refractivity contribution in [1.82, 2.24) is 9.62 Å². The summed E-state index contributed by atoms with van der Waals surface area (Å²) in [6.45, 7) is 2.97. The minimum Gasteiger partial charge on any atom is -0.314 e. The molecule has 0 bridgehead atoms. The van der Waals surface area contributed by atoms with Crippen molar-refractivity contribution in [2.24, 2.45) is 0 Å². The fourth-order valence-electron chi connectivity index (χ4n) is 1.76. The molecule has 0 heterocycles. The van der Waals surface area contributed by atoms with Gasteiger partial charge in [0.25, 0.3) is 0 Å². The smallest absolute Gasteiger partial charge is 0.314 e. The Morgan fingerprint density at radius 1 is 1.32 bits per heavy atom. The first-order valence-corrected chi connectivity index (χ1v) is 8.02. The van der Waals surface area contributed by atoms with Crippen LogP contribution in [0.3, 0.4) is 0 Å². The van der Waals surface area contributed by atoms with Crippen LogP contribution in [-0.2, 0) is 10.0 Å². The first kappa shape index (κ1) is 16.7. The predicted molar refractivity (Wildman–Crippen MR) is 67.3 cm³/mol. The van der Waals surface area contributed by atoms with Crippen LogP contribution >= 0.6 is 0 Å². The lowest BCUT2D eigenvalue weighted by Gasteiger charge is -2.23. The summed E-state index contributed by atoms with van der Waals surface area (Å²) in [5.41, 5.74) is 0. The number of hydrogen-bond donors (Lipinski definition) is 1. The Labute approximate surface area is 112 Å². The molecule has 0 saturated heterocycles. The largest absolute Gasteiger partial charge is 0.402 e. The molecule has 8 heteroatoms. The second-order valence-corrected chi connectivity index (χ2v) is 7.21. The zero-order valence-corrected chi connectivity index (χ0v) is 12.0. The van der Waals surface area contributed by atoms with Crippen LogP contribution in [0.4, 0.5) is 13.2 Å². The molecule has 0 spiro atoms. The second kappa shape index (κ2) is 6.41. The molecule has 0 aliphatic heterocycles. The van der Waals surface area contributed by atoms with Crippen LogP contribution in [0.2, 0.25) is 0 Å². The molecule has 0 atom stereocenters. The molecule has 0 unspecified atom stereocenters. The molecular formula is C11H21F3N2O2S. The van der Waals surface area contributed by atoms with Crippen molar-refractivity contribution in [2.45, 2.75) is 51.4 Å². The average Bonchev–Trinajstić information content (AvgIpc) is 3.03. The lowest BCUT2D eigenvalue weighted by molar-refractivity contribution is -0.136. The third-order valence-electron chi connectivity index (χ3n) is 2.78. The standard InChI is InChI=1S/C11H21F3N2O2S/c1-9(2)15-6-3-7-19(17,18)16(10-4-5-10)8-11(12,13)14/h9-10,15H,3-8H2,1-2H3. The fourth-order valence-corrected chi connectivity index (χ4v) is 3.51. The summed E-state index contributed by atoms with van der Waals surface area (Å²) >= 11 is 0. The maximum absolute atomic E-state index is 12.4. The zero-order valence-electron chi connectivity index (χ0n) is 11.2. The minimum atomic E-state index is -4.48. The van der Waals surface area contributed by atoms with Gasteiger partial charge in [0.2, 0.25) is 10.0 Å². The molecule has 0 radical (unpaired) electrons. The molecule has 1 aliphatic carbocycles. The number of halogens is 3. The van der Waals surface area contributed by atoms with Crippen LogP contribution in [0.15, 0.2) is 0 Å². The number of alkyl halides is 3. The highest BCUT2D eigenvalue weighted by Crippen LogP contribution is 2.32. The van der Waals surface area contributed by atoms with Crippen molar-refractivity contribution in [3.63, 3.8) is 0 Å². The van der Waals surface area contributed by atoms with Crippen molar-refractivity contribution in [3.8, 4) is 0 Å². The van der Waals surface area contributed by atoms with E-state index in [4.69, 9.17) is 0 Å². The summed E-state index contributed by atoms with van der Waals surface area (Å²) in [4.78, 5) is 0. The monoisotopic (exact) mass is 302 g/mol. The minimum absolute atomic E-state index is 0.234. The number of hydrogen-bond acceptors (Lipinski definition) is 3. The second-order valence-electron chi connectivity index (χ2n) is 5.17. The van der Waals surface area contributed by atoms with Gasteiger partial charge in [-0.15, -0.1) is 0 Å². The Kier molecular flexibility index (Phi) is 5.64. The van der Waals surface area contributed by atoms with Gasteiger partial charge in [-0.2, -0.15) is 17.5 Å². The third-order valence-corrected chi connectivity index (χ3v) is 4.72. The summed E-state index contributed by atoms with van der Waals surface area (Å²) < 4.78 is 61.7. The van der Waals surface area contributed by atoms with Crippen molar-refractivity contribution in [1.29, 1.82) is 0 Å². The summed E-state index contributed by atoms with van der Waals surface area (Å²) in [6.07, 6.45) is -3.10. The highest BCUT2D eigenvalue weighted by molar-refractivity contribution is 7.89. The maximum Gasteiger partial charge on any atom is 0.402 e. The maximum atomic E-state index is 12.4.